The first-order valence-corrected chi connectivity index (χ1v) is 8.79. The molecule has 3 aromatic rings. The van der Waals surface area contributed by atoms with Crippen LogP contribution in [0.25, 0.3) is 5.69 Å². The number of rotatable bonds is 3. The normalized spacial score (nSPS) is 12.9. The summed E-state index contributed by atoms with van der Waals surface area (Å²) in [6, 6.07) is 12.5. The van der Waals surface area contributed by atoms with Crippen LogP contribution in [0.5, 0.6) is 0 Å². The maximum absolute atomic E-state index is 13.4. The average Bonchev–Trinajstić information content (AvgIpc) is 3.20. The van der Waals surface area contributed by atoms with Gasteiger partial charge in [-0.1, -0.05) is 18.2 Å². The van der Waals surface area contributed by atoms with Crippen LogP contribution < -0.4 is 5.32 Å². The molecular weight excluding hydrogens is 344 g/mol. The molecule has 1 aliphatic heterocycles. The first-order chi connectivity index (χ1) is 12.1. The van der Waals surface area contributed by atoms with Gasteiger partial charge < -0.3 is 5.32 Å². The van der Waals surface area contributed by atoms with Crippen LogP contribution in [0.4, 0.5) is 14.6 Å². The SMILES string of the molecule is O=C(Nc1c2c(nn1-c1ccccc1)CSC2)c1ccc(F)c(F)c1. The second-order valence-electron chi connectivity index (χ2n) is 5.60. The van der Waals surface area contributed by atoms with Gasteiger partial charge in [0.25, 0.3) is 5.91 Å². The van der Waals surface area contributed by atoms with Gasteiger partial charge in [0.2, 0.25) is 0 Å². The largest absolute Gasteiger partial charge is 0.306 e. The Balaban J connectivity index is 1.72. The zero-order chi connectivity index (χ0) is 17.4. The Bertz CT molecular complexity index is 956. The quantitative estimate of drug-likeness (QED) is 0.766. The van der Waals surface area contributed by atoms with Gasteiger partial charge in [-0.05, 0) is 30.3 Å². The van der Waals surface area contributed by atoms with Gasteiger partial charge in [0, 0.05) is 22.6 Å². The van der Waals surface area contributed by atoms with Crippen molar-refractivity contribution in [3.05, 3.63) is 77.0 Å². The van der Waals surface area contributed by atoms with Gasteiger partial charge in [-0.15, -0.1) is 0 Å². The van der Waals surface area contributed by atoms with E-state index in [4.69, 9.17) is 0 Å². The van der Waals surface area contributed by atoms with E-state index < -0.39 is 17.5 Å². The minimum atomic E-state index is -1.05. The molecule has 1 aliphatic rings. The number of thioether (sulfide) groups is 1. The van der Waals surface area contributed by atoms with Gasteiger partial charge in [0.1, 0.15) is 5.82 Å². The number of aromatic nitrogens is 2. The van der Waals surface area contributed by atoms with E-state index in [0.717, 1.165) is 40.6 Å². The molecule has 4 rings (SSSR count). The molecule has 1 aromatic heterocycles. The van der Waals surface area contributed by atoms with Crippen molar-refractivity contribution in [3.8, 4) is 5.69 Å². The number of carbonyl (C=O) groups is 1. The van der Waals surface area contributed by atoms with Crippen LogP contribution in [-0.4, -0.2) is 15.7 Å². The van der Waals surface area contributed by atoms with Gasteiger partial charge in [-0.3, -0.25) is 4.79 Å². The summed E-state index contributed by atoms with van der Waals surface area (Å²) in [6.45, 7) is 0. The van der Waals surface area contributed by atoms with Crippen molar-refractivity contribution in [1.29, 1.82) is 0 Å². The van der Waals surface area contributed by atoms with Crippen molar-refractivity contribution in [1.82, 2.24) is 9.78 Å². The van der Waals surface area contributed by atoms with E-state index in [1.807, 2.05) is 30.3 Å². The molecule has 2 aromatic carbocycles. The van der Waals surface area contributed by atoms with Crippen LogP contribution in [0, 0.1) is 11.6 Å². The number of anilines is 1. The fraction of sp³-hybridized carbons (Fsp3) is 0.111. The predicted octanol–water partition coefficient (Wildman–Crippen LogP) is 4.15. The molecule has 4 nitrogen and oxygen atoms in total. The molecule has 2 heterocycles. The molecule has 0 atom stereocenters. The van der Waals surface area contributed by atoms with Crippen molar-refractivity contribution in [2.24, 2.45) is 0 Å². The van der Waals surface area contributed by atoms with Crippen LogP contribution in [-0.2, 0) is 11.5 Å². The standard InChI is InChI=1S/C18H13F2N3OS/c19-14-7-6-11(8-15(14)20)18(24)21-17-13-9-25-10-16(13)22-23(17)12-4-2-1-3-5-12/h1-8H,9-10H2,(H,21,24). The summed E-state index contributed by atoms with van der Waals surface area (Å²) in [5, 5.41) is 7.40. The molecule has 0 aliphatic carbocycles. The van der Waals surface area contributed by atoms with E-state index in [2.05, 4.69) is 10.4 Å². The molecule has 0 unspecified atom stereocenters. The third kappa shape index (κ3) is 2.91. The monoisotopic (exact) mass is 357 g/mol. The summed E-state index contributed by atoms with van der Waals surface area (Å²) in [5.74, 6) is -0.441. The maximum Gasteiger partial charge on any atom is 0.256 e. The highest BCUT2D eigenvalue weighted by Gasteiger charge is 2.25. The summed E-state index contributed by atoms with van der Waals surface area (Å²) in [6.07, 6.45) is 0. The predicted molar refractivity (Wildman–Crippen MR) is 92.9 cm³/mol. The van der Waals surface area contributed by atoms with Crippen molar-refractivity contribution in [2.45, 2.75) is 11.5 Å². The highest BCUT2D eigenvalue weighted by atomic mass is 32.2. The first kappa shape index (κ1) is 15.8. The van der Waals surface area contributed by atoms with E-state index in [1.165, 1.54) is 6.07 Å². The minimum Gasteiger partial charge on any atom is -0.306 e. The second kappa shape index (κ2) is 6.33. The van der Waals surface area contributed by atoms with E-state index in [9.17, 15) is 13.6 Å². The molecule has 0 spiro atoms. The number of amides is 1. The fourth-order valence-electron chi connectivity index (χ4n) is 2.71. The maximum atomic E-state index is 13.4. The Morgan fingerprint density at radius 2 is 1.88 bits per heavy atom. The van der Waals surface area contributed by atoms with Gasteiger partial charge in [-0.25, -0.2) is 13.5 Å². The summed E-state index contributed by atoms with van der Waals surface area (Å²) in [7, 11) is 0. The summed E-state index contributed by atoms with van der Waals surface area (Å²) in [4.78, 5) is 12.5. The third-order valence-corrected chi connectivity index (χ3v) is 4.94. The molecule has 0 saturated carbocycles. The van der Waals surface area contributed by atoms with E-state index >= 15 is 0 Å². The number of benzene rings is 2. The topological polar surface area (TPSA) is 46.9 Å². The highest BCUT2D eigenvalue weighted by Crippen LogP contribution is 2.36. The summed E-state index contributed by atoms with van der Waals surface area (Å²) in [5.41, 5.74) is 2.76. The Labute approximate surface area is 146 Å². The van der Waals surface area contributed by atoms with Crippen LogP contribution in [0.3, 0.4) is 0 Å². The molecule has 1 amide bonds. The molecule has 25 heavy (non-hydrogen) atoms. The lowest BCUT2D eigenvalue weighted by atomic mass is 10.2. The van der Waals surface area contributed by atoms with Crippen molar-refractivity contribution >= 4 is 23.5 Å². The number of hydrogen-bond donors (Lipinski definition) is 1. The van der Waals surface area contributed by atoms with Crippen LogP contribution in [0.2, 0.25) is 0 Å². The lowest BCUT2D eigenvalue weighted by Crippen LogP contribution is -2.16. The third-order valence-electron chi connectivity index (χ3n) is 3.97. The first-order valence-electron chi connectivity index (χ1n) is 7.64. The Hall–Kier alpha value is -2.67. The molecule has 0 saturated heterocycles. The Kier molecular flexibility index (Phi) is 4.01. The van der Waals surface area contributed by atoms with E-state index in [-0.39, 0.29) is 5.56 Å². The molecular formula is C18H13F2N3OS. The Morgan fingerprint density at radius 3 is 2.64 bits per heavy atom. The number of hydrogen-bond acceptors (Lipinski definition) is 3. The van der Waals surface area contributed by atoms with E-state index in [1.54, 1.807) is 16.4 Å². The van der Waals surface area contributed by atoms with Crippen molar-refractivity contribution in [2.75, 3.05) is 5.32 Å². The lowest BCUT2D eigenvalue weighted by Gasteiger charge is -2.11. The van der Waals surface area contributed by atoms with E-state index in [0.29, 0.717) is 5.82 Å². The van der Waals surface area contributed by atoms with Crippen LogP contribution >= 0.6 is 11.8 Å². The number of nitrogens with one attached hydrogen (secondary N) is 1. The number of para-hydroxylation sites is 1. The molecule has 0 fully saturated rings. The molecule has 126 valence electrons. The Morgan fingerprint density at radius 1 is 1.08 bits per heavy atom. The highest BCUT2D eigenvalue weighted by molar-refractivity contribution is 7.98. The minimum absolute atomic E-state index is 0.0547. The van der Waals surface area contributed by atoms with Crippen LogP contribution in [0.1, 0.15) is 21.6 Å². The van der Waals surface area contributed by atoms with Gasteiger partial charge >= 0.3 is 0 Å². The molecule has 0 radical (unpaired) electrons. The second-order valence-corrected chi connectivity index (χ2v) is 6.58. The zero-order valence-corrected chi connectivity index (χ0v) is 13.8. The number of nitrogens with zero attached hydrogens (tertiary/aromatic N) is 2. The van der Waals surface area contributed by atoms with Gasteiger partial charge in [0.05, 0.1) is 11.4 Å². The molecule has 1 N–H and O–H groups in total. The van der Waals surface area contributed by atoms with Crippen molar-refractivity contribution in [3.63, 3.8) is 0 Å². The summed E-state index contributed by atoms with van der Waals surface area (Å²) < 4.78 is 28.2. The fourth-order valence-corrected chi connectivity index (χ4v) is 3.75. The number of carbonyl (C=O) groups excluding carboxylic acids is 1. The number of halogens is 2. The molecule has 0 bridgehead atoms. The number of fused-ring (bicyclic) bond motifs is 1. The van der Waals surface area contributed by atoms with Gasteiger partial charge in [0.15, 0.2) is 11.6 Å². The summed E-state index contributed by atoms with van der Waals surface area (Å²) >= 11 is 1.72. The average molecular weight is 357 g/mol. The smallest absolute Gasteiger partial charge is 0.256 e. The lowest BCUT2D eigenvalue weighted by molar-refractivity contribution is 0.102. The van der Waals surface area contributed by atoms with Crippen molar-refractivity contribution < 1.29 is 13.6 Å². The molecule has 7 heteroatoms. The van der Waals surface area contributed by atoms with Gasteiger partial charge in [-0.2, -0.15) is 16.9 Å². The van der Waals surface area contributed by atoms with Crippen LogP contribution in [0.15, 0.2) is 48.5 Å². The zero-order valence-electron chi connectivity index (χ0n) is 13.0.